The molecule has 4 aromatic rings. The van der Waals surface area contributed by atoms with E-state index >= 15 is 0 Å². The number of carbonyl (C=O) groups excluding carboxylic acids is 1. The Kier molecular flexibility index (Phi) is 6.66. The minimum Gasteiger partial charge on any atom is -0.494 e. The van der Waals surface area contributed by atoms with Crippen molar-refractivity contribution in [2.24, 2.45) is 0 Å². The van der Waals surface area contributed by atoms with Gasteiger partial charge in [-0.2, -0.15) is 0 Å². The smallest absolute Gasteiger partial charge is 0.196 e. The zero-order valence-corrected chi connectivity index (χ0v) is 19.0. The van der Waals surface area contributed by atoms with E-state index in [2.05, 4.69) is 15.2 Å². The second kappa shape index (κ2) is 9.78. The number of hydrogen-bond donors (Lipinski definition) is 0. The highest BCUT2D eigenvalue weighted by atomic mass is 32.2. The number of rotatable bonds is 8. The van der Waals surface area contributed by atoms with Crippen LogP contribution in [0.25, 0.3) is 17.1 Å². The van der Waals surface area contributed by atoms with Crippen molar-refractivity contribution in [1.29, 1.82) is 0 Å². The second-order valence-corrected chi connectivity index (χ2v) is 8.60. The van der Waals surface area contributed by atoms with Gasteiger partial charge in [-0.1, -0.05) is 41.6 Å². The van der Waals surface area contributed by atoms with Gasteiger partial charge in [0.15, 0.2) is 16.8 Å². The van der Waals surface area contributed by atoms with Crippen LogP contribution in [0.5, 0.6) is 5.75 Å². The van der Waals surface area contributed by atoms with E-state index in [1.165, 1.54) is 11.8 Å². The van der Waals surface area contributed by atoms with Crippen LogP contribution in [0.1, 0.15) is 29.8 Å². The minimum atomic E-state index is -0.325. The molecule has 162 valence electrons. The molecule has 1 unspecified atom stereocenters. The molecule has 0 N–H and O–H groups in total. The Bertz CT molecular complexity index is 1190. The molecule has 0 aliphatic rings. The van der Waals surface area contributed by atoms with Gasteiger partial charge < -0.3 is 4.74 Å². The van der Waals surface area contributed by atoms with Gasteiger partial charge in [0.05, 0.1) is 11.9 Å². The summed E-state index contributed by atoms with van der Waals surface area (Å²) in [6.07, 6.45) is 3.45. The lowest BCUT2D eigenvalue weighted by atomic mass is 10.1. The summed E-state index contributed by atoms with van der Waals surface area (Å²) >= 11 is 1.40. The Morgan fingerprint density at radius 1 is 1.00 bits per heavy atom. The zero-order chi connectivity index (χ0) is 22.5. The summed E-state index contributed by atoms with van der Waals surface area (Å²) in [5.74, 6) is 1.54. The number of ketones is 1. The maximum atomic E-state index is 13.0. The molecule has 32 heavy (non-hydrogen) atoms. The molecule has 4 rings (SSSR count). The first kappa shape index (κ1) is 21.8. The average Bonchev–Trinajstić information content (AvgIpc) is 3.24. The third-order valence-electron chi connectivity index (χ3n) is 4.97. The number of nitrogens with zero attached hydrogens (tertiary/aromatic N) is 4. The number of carbonyl (C=O) groups is 1. The van der Waals surface area contributed by atoms with E-state index in [-0.39, 0.29) is 11.0 Å². The summed E-state index contributed by atoms with van der Waals surface area (Å²) in [7, 11) is 0. The van der Waals surface area contributed by atoms with Crippen LogP contribution in [0, 0.1) is 6.92 Å². The first-order valence-corrected chi connectivity index (χ1v) is 11.3. The van der Waals surface area contributed by atoms with Crippen molar-refractivity contribution < 1.29 is 9.53 Å². The number of ether oxygens (including phenoxy) is 1. The van der Waals surface area contributed by atoms with Crippen LogP contribution in [0.2, 0.25) is 0 Å². The second-order valence-electron chi connectivity index (χ2n) is 7.29. The Balaban J connectivity index is 1.69. The molecule has 0 aliphatic carbocycles. The fourth-order valence-electron chi connectivity index (χ4n) is 3.29. The lowest BCUT2D eigenvalue weighted by molar-refractivity contribution is 0.0994. The third-order valence-corrected chi connectivity index (χ3v) is 6.01. The van der Waals surface area contributed by atoms with Gasteiger partial charge in [-0.15, -0.1) is 10.2 Å². The van der Waals surface area contributed by atoms with E-state index in [9.17, 15) is 4.79 Å². The molecule has 2 aromatic carbocycles. The summed E-state index contributed by atoms with van der Waals surface area (Å²) < 4.78 is 7.54. The molecule has 0 radical (unpaired) electrons. The fourth-order valence-corrected chi connectivity index (χ4v) is 4.23. The van der Waals surface area contributed by atoms with Crippen molar-refractivity contribution in [3.05, 3.63) is 84.2 Å². The third kappa shape index (κ3) is 4.73. The molecule has 0 amide bonds. The number of benzene rings is 2. The monoisotopic (exact) mass is 444 g/mol. The first-order chi connectivity index (χ1) is 15.6. The SMILES string of the molecule is CCOc1ccc(-n2c(SC(C)C(=O)c3ccc(C)cc3)nnc2-c2ccncc2)cc1. The van der Waals surface area contributed by atoms with Crippen molar-refractivity contribution in [3.8, 4) is 22.8 Å². The van der Waals surface area contributed by atoms with Crippen molar-refractivity contribution in [2.75, 3.05) is 6.61 Å². The molecule has 7 heteroatoms. The van der Waals surface area contributed by atoms with Crippen LogP contribution >= 0.6 is 11.8 Å². The largest absolute Gasteiger partial charge is 0.494 e. The number of Topliss-reactive ketones (excluding diaryl/α,β-unsaturated/α-hetero) is 1. The van der Waals surface area contributed by atoms with E-state index in [0.717, 1.165) is 22.6 Å². The number of pyridine rings is 1. The molecule has 0 spiro atoms. The van der Waals surface area contributed by atoms with Crippen LogP contribution in [0.4, 0.5) is 0 Å². The zero-order valence-electron chi connectivity index (χ0n) is 18.2. The fraction of sp³-hybridized carbons (Fsp3) is 0.200. The molecule has 2 heterocycles. The summed E-state index contributed by atoms with van der Waals surface area (Å²) in [6, 6.07) is 19.2. The highest BCUT2D eigenvalue weighted by Gasteiger charge is 2.22. The van der Waals surface area contributed by atoms with Gasteiger partial charge >= 0.3 is 0 Å². The van der Waals surface area contributed by atoms with Crippen LogP contribution < -0.4 is 4.74 Å². The van der Waals surface area contributed by atoms with Crippen LogP contribution in [0.3, 0.4) is 0 Å². The Labute approximate surface area is 191 Å². The van der Waals surface area contributed by atoms with Crippen LogP contribution in [-0.2, 0) is 0 Å². The molecule has 0 saturated heterocycles. The number of hydrogen-bond acceptors (Lipinski definition) is 6. The van der Waals surface area contributed by atoms with Gasteiger partial charge in [-0.3, -0.25) is 14.3 Å². The van der Waals surface area contributed by atoms with Gasteiger partial charge in [0, 0.05) is 29.2 Å². The average molecular weight is 445 g/mol. The number of thioether (sulfide) groups is 1. The van der Waals surface area contributed by atoms with Crippen molar-refractivity contribution in [1.82, 2.24) is 19.7 Å². The van der Waals surface area contributed by atoms with Crippen LogP contribution in [0.15, 0.2) is 78.2 Å². The summed E-state index contributed by atoms with van der Waals surface area (Å²) in [5, 5.41) is 9.19. The van der Waals surface area contributed by atoms with Gasteiger partial charge in [0.25, 0.3) is 0 Å². The van der Waals surface area contributed by atoms with E-state index in [1.807, 2.05) is 86.0 Å². The van der Waals surface area contributed by atoms with E-state index < -0.39 is 0 Å². The van der Waals surface area contributed by atoms with Crippen molar-refractivity contribution in [2.45, 2.75) is 31.2 Å². The molecule has 1 atom stereocenters. The Morgan fingerprint density at radius 2 is 1.69 bits per heavy atom. The summed E-state index contributed by atoms with van der Waals surface area (Å²) in [6.45, 7) is 6.47. The molecule has 2 aromatic heterocycles. The number of aromatic nitrogens is 4. The predicted octanol–water partition coefficient (Wildman–Crippen LogP) is 5.40. The molecule has 0 fully saturated rings. The maximum absolute atomic E-state index is 13.0. The molecular weight excluding hydrogens is 420 g/mol. The van der Waals surface area contributed by atoms with Gasteiger partial charge in [0.2, 0.25) is 0 Å². The molecule has 6 nitrogen and oxygen atoms in total. The molecule has 0 bridgehead atoms. The summed E-state index contributed by atoms with van der Waals surface area (Å²) in [5.41, 5.74) is 3.60. The van der Waals surface area contributed by atoms with E-state index in [1.54, 1.807) is 12.4 Å². The molecule has 0 saturated carbocycles. The predicted molar refractivity (Wildman–Crippen MR) is 127 cm³/mol. The van der Waals surface area contributed by atoms with Crippen LogP contribution in [-0.4, -0.2) is 37.4 Å². The Hall–Kier alpha value is -3.45. The minimum absolute atomic E-state index is 0.0571. The topological polar surface area (TPSA) is 69.9 Å². The lowest BCUT2D eigenvalue weighted by Crippen LogP contribution is -2.14. The lowest BCUT2D eigenvalue weighted by Gasteiger charge is -2.14. The Morgan fingerprint density at radius 3 is 2.34 bits per heavy atom. The number of aryl methyl sites for hydroxylation is 1. The van der Waals surface area contributed by atoms with E-state index in [0.29, 0.717) is 23.2 Å². The van der Waals surface area contributed by atoms with Crippen molar-refractivity contribution >= 4 is 17.5 Å². The molecule has 0 aliphatic heterocycles. The quantitative estimate of drug-likeness (QED) is 0.268. The molecular formula is C25H24N4O2S. The van der Waals surface area contributed by atoms with Gasteiger partial charge in [0.1, 0.15) is 5.75 Å². The normalized spacial score (nSPS) is 11.8. The van der Waals surface area contributed by atoms with Gasteiger partial charge in [-0.05, 0) is 57.2 Å². The van der Waals surface area contributed by atoms with E-state index in [4.69, 9.17) is 4.74 Å². The summed E-state index contributed by atoms with van der Waals surface area (Å²) in [4.78, 5) is 17.1. The first-order valence-electron chi connectivity index (χ1n) is 10.4. The standard InChI is InChI=1S/C25H24N4O2S/c1-4-31-22-11-9-21(10-12-22)29-24(20-13-15-26-16-14-20)27-28-25(29)32-18(3)23(30)19-7-5-17(2)6-8-19/h5-16,18H,4H2,1-3H3. The highest BCUT2D eigenvalue weighted by molar-refractivity contribution is 8.00. The maximum Gasteiger partial charge on any atom is 0.196 e. The van der Waals surface area contributed by atoms with Crippen molar-refractivity contribution in [3.63, 3.8) is 0 Å². The van der Waals surface area contributed by atoms with Gasteiger partial charge in [-0.25, -0.2) is 0 Å². The highest BCUT2D eigenvalue weighted by Crippen LogP contribution is 2.31.